The third-order valence-corrected chi connectivity index (χ3v) is 3.00. The van der Waals surface area contributed by atoms with Crippen LogP contribution < -0.4 is 10.1 Å². The van der Waals surface area contributed by atoms with Gasteiger partial charge in [-0.2, -0.15) is 5.10 Å². The number of hydrogen-bond donors (Lipinski definition) is 1. The van der Waals surface area contributed by atoms with Gasteiger partial charge < -0.3 is 10.1 Å². The third-order valence-electron chi connectivity index (χ3n) is 3.00. The molecule has 102 valence electrons. The lowest BCUT2D eigenvalue weighted by molar-refractivity contribution is 0.289. The predicted octanol–water partition coefficient (Wildman–Crippen LogP) is 2.51. The van der Waals surface area contributed by atoms with Crippen molar-refractivity contribution >= 4 is 0 Å². The van der Waals surface area contributed by atoms with Crippen molar-refractivity contribution in [2.24, 2.45) is 0 Å². The van der Waals surface area contributed by atoms with Gasteiger partial charge in [0.2, 0.25) is 0 Å². The Morgan fingerprint density at radius 1 is 1.32 bits per heavy atom. The monoisotopic (exact) mass is 259 g/mol. The summed E-state index contributed by atoms with van der Waals surface area (Å²) in [4.78, 5) is 0. The van der Waals surface area contributed by atoms with Gasteiger partial charge in [-0.1, -0.05) is 18.2 Å². The number of ether oxygens (including phenoxy) is 1. The van der Waals surface area contributed by atoms with Gasteiger partial charge in [0.05, 0.1) is 11.4 Å². The van der Waals surface area contributed by atoms with E-state index < -0.39 is 0 Å². The summed E-state index contributed by atoms with van der Waals surface area (Å²) in [5.41, 5.74) is 3.31. The molecule has 0 atom stereocenters. The molecule has 2 aromatic rings. The molecule has 0 unspecified atom stereocenters. The van der Waals surface area contributed by atoms with Crippen LogP contribution in [0.5, 0.6) is 5.75 Å². The van der Waals surface area contributed by atoms with Crippen molar-refractivity contribution in [3.8, 4) is 5.75 Å². The van der Waals surface area contributed by atoms with Crippen LogP contribution in [0.2, 0.25) is 0 Å². The van der Waals surface area contributed by atoms with Gasteiger partial charge in [-0.25, -0.2) is 0 Å². The largest absolute Gasteiger partial charge is 0.487 e. The van der Waals surface area contributed by atoms with E-state index in [9.17, 15) is 0 Å². The number of benzene rings is 1. The minimum Gasteiger partial charge on any atom is -0.487 e. The number of para-hydroxylation sites is 1. The molecule has 0 saturated heterocycles. The molecular formula is C15H21N3O. The van der Waals surface area contributed by atoms with Gasteiger partial charge in [0, 0.05) is 18.7 Å². The van der Waals surface area contributed by atoms with Gasteiger partial charge in [-0.3, -0.25) is 4.68 Å². The molecule has 19 heavy (non-hydrogen) atoms. The summed E-state index contributed by atoms with van der Waals surface area (Å²) in [5.74, 6) is 0.929. The summed E-state index contributed by atoms with van der Waals surface area (Å²) < 4.78 is 7.91. The second-order valence-corrected chi connectivity index (χ2v) is 4.52. The lowest BCUT2D eigenvalue weighted by Gasteiger charge is -2.11. The van der Waals surface area contributed by atoms with Crippen LogP contribution in [0.4, 0.5) is 0 Å². The van der Waals surface area contributed by atoms with Crippen LogP contribution in [0.15, 0.2) is 30.3 Å². The fraction of sp³-hybridized carbons (Fsp3) is 0.400. The van der Waals surface area contributed by atoms with Crippen LogP contribution in [-0.4, -0.2) is 16.8 Å². The SMILES string of the molecule is CCn1nc(C)cc1COc1ccccc1CNC. The van der Waals surface area contributed by atoms with Crippen molar-refractivity contribution in [3.63, 3.8) is 0 Å². The van der Waals surface area contributed by atoms with E-state index in [1.807, 2.05) is 36.9 Å². The Bertz CT molecular complexity index is 534. The van der Waals surface area contributed by atoms with E-state index >= 15 is 0 Å². The normalized spacial score (nSPS) is 10.7. The van der Waals surface area contributed by atoms with E-state index in [1.165, 1.54) is 5.56 Å². The van der Waals surface area contributed by atoms with Crippen LogP contribution in [0.3, 0.4) is 0 Å². The molecule has 1 heterocycles. The van der Waals surface area contributed by atoms with Gasteiger partial charge in [-0.15, -0.1) is 0 Å². The minimum absolute atomic E-state index is 0.551. The Balaban J connectivity index is 2.09. The molecule has 0 spiro atoms. The molecule has 0 aliphatic rings. The van der Waals surface area contributed by atoms with Gasteiger partial charge in [0.15, 0.2) is 0 Å². The second kappa shape index (κ2) is 6.38. The Morgan fingerprint density at radius 3 is 2.84 bits per heavy atom. The lowest BCUT2D eigenvalue weighted by Crippen LogP contribution is -2.09. The Hall–Kier alpha value is -1.81. The van der Waals surface area contributed by atoms with E-state index in [4.69, 9.17) is 4.74 Å². The number of aryl methyl sites for hydroxylation is 2. The summed E-state index contributed by atoms with van der Waals surface area (Å²) in [6, 6.07) is 10.2. The maximum Gasteiger partial charge on any atom is 0.130 e. The number of hydrogen-bond acceptors (Lipinski definition) is 3. The molecule has 0 saturated carbocycles. The fourth-order valence-corrected chi connectivity index (χ4v) is 2.12. The first kappa shape index (κ1) is 13.6. The smallest absolute Gasteiger partial charge is 0.130 e. The average molecular weight is 259 g/mol. The lowest BCUT2D eigenvalue weighted by atomic mass is 10.2. The van der Waals surface area contributed by atoms with Crippen molar-refractivity contribution < 1.29 is 4.74 Å². The van der Waals surface area contributed by atoms with Crippen molar-refractivity contribution in [1.29, 1.82) is 0 Å². The highest BCUT2D eigenvalue weighted by atomic mass is 16.5. The van der Waals surface area contributed by atoms with E-state index in [0.29, 0.717) is 6.61 Å². The highest BCUT2D eigenvalue weighted by Gasteiger charge is 2.07. The van der Waals surface area contributed by atoms with Crippen molar-refractivity contribution in [2.75, 3.05) is 7.05 Å². The summed E-state index contributed by atoms with van der Waals surface area (Å²) in [7, 11) is 1.94. The zero-order chi connectivity index (χ0) is 13.7. The molecule has 2 rings (SSSR count). The van der Waals surface area contributed by atoms with Crippen molar-refractivity contribution in [3.05, 3.63) is 47.3 Å². The number of nitrogens with zero attached hydrogens (tertiary/aromatic N) is 2. The molecule has 1 aromatic heterocycles. The molecule has 0 bridgehead atoms. The first-order valence-electron chi connectivity index (χ1n) is 6.63. The molecule has 1 aromatic carbocycles. The summed E-state index contributed by atoms with van der Waals surface area (Å²) >= 11 is 0. The van der Waals surface area contributed by atoms with E-state index in [0.717, 1.165) is 30.2 Å². The summed E-state index contributed by atoms with van der Waals surface area (Å²) in [6.45, 7) is 6.32. The van der Waals surface area contributed by atoms with Gasteiger partial charge in [-0.05, 0) is 33.0 Å². The number of aromatic nitrogens is 2. The Kier molecular flexibility index (Phi) is 4.58. The maximum absolute atomic E-state index is 5.93. The molecule has 0 aliphatic heterocycles. The standard InChI is InChI=1S/C15H21N3O/c1-4-18-14(9-12(2)17-18)11-19-15-8-6-5-7-13(15)10-16-3/h5-9,16H,4,10-11H2,1-3H3. The molecular weight excluding hydrogens is 238 g/mol. The molecule has 0 radical (unpaired) electrons. The summed E-state index contributed by atoms with van der Waals surface area (Å²) in [5, 5.41) is 7.58. The molecule has 1 N–H and O–H groups in total. The van der Waals surface area contributed by atoms with Crippen LogP contribution in [0.25, 0.3) is 0 Å². The van der Waals surface area contributed by atoms with Crippen LogP contribution in [-0.2, 0) is 19.7 Å². The quantitative estimate of drug-likeness (QED) is 0.866. The van der Waals surface area contributed by atoms with Gasteiger partial charge >= 0.3 is 0 Å². The van der Waals surface area contributed by atoms with E-state index in [1.54, 1.807) is 0 Å². The van der Waals surface area contributed by atoms with E-state index in [2.05, 4.69) is 29.5 Å². The first-order chi connectivity index (χ1) is 9.24. The highest BCUT2D eigenvalue weighted by Crippen LogP contribution is 2.19. The molecule has 0 fully saturated rings. The van der Waals surface area contributed by atoms with Gasteiger partial charge in [0.25, 0.3) is 0 Å². The van der Waals surface area contributed by atoms with Crippen LogP contribution >= 0.6 is 0 Å². The van der Waals surface area contributed by atoms with Gasteiger partial charge in [0.1, 0.15) is 12.4 Å². The zero-order valence-corrected chi connectivity index (χ0v) is 11.8. The van der Waals surface area contributed by atoms with E-state index in [-0.39, 0.29) is 0 Å². The number of rotatable bonds is 6. The Morgan fingerprint density at radius 2 is 2.11 bits per heavy atom. The van der Waals surface area contributed by atoms with Crippen LogP contribution in [0.1, 0.15) is 23.9 Å². The zero-order valence-electron chi connectivity index (χ0n) is 11.8. The number of nitrogens with one attached hydrogen (secondary N) is 1. The molecule has 4 heteroatoms. The fourth-order valence-electron chi connectivity index (χ4n) is 2.12. The minimum atomic E-state index is 0.551. The van der Waals surface area contributed by atoms with Crippen molar-refractivity contribution in [2.45, 2.75) is 33.5 Å². The maximum atomic E-state index is 5.93. The highest BCUT2D eigenvalue weighted by molar-refractivity contribution is 5.33. The van der Waals surface area contributed by atoms with Crippen LogP contribution in [0, 0.1) is 6.92 Å². The first-order valence-corrected chi connectivity index (χ1v) is 6.63. The molecule has 0 amide bonds. The third kappa shape index (κ3) is 3.35. The molecule has 4 nitrogen and oxygen atoms in total. The predicted molar refractivity (Wildman–Crippen MR) is 76.2 cm³/mol. The summed E-state index contributed by atoms with van der Waals surface area (Å²) in [6.07, 6.45) is 0. The Labute approximate surface area is 114 Å². The topological polar surface area (TPSA) is 39.1 Å². The second-order valence-electron chi connectivity index (χ2n) is 4.52. The van der Waals surface area contributed by atoms with Crippen molar-refractivity contribution in [1.82, 2.24) is 15.1 Å². The molecule has 0 aliphatic carbocycles. The average Bonchev–Trinajstić information content (AvgIpc) is 2.78.